The molecule has 0 saturated carbocycles. The Balaban J connectivity index is 1.99. The van der Waals surface area contributed by atoms with Gasteiger partial charge in [-0.15, -0.1) is 0 Å². The molecule has 1 aromatic rings. The van der Waals surface area contributed by atoms with Crippen LogP contribution in [0.4, 0.5) is 0 Å². The monoisotopic (exact) mass is 311 g/mol. The molecule has 1 saturated heterocycles. The first-order valence-corrected chi connectivity index (χ1v) is 8.82. The standard InChI is InChI=1S/C14H21N3O3S/c1-16(10-12-5-7-15-8-6-12)14(18)13-4-3-9-17(11-13)21(2,19)20/h5-8,13H,3-4,9-11H2,1-2H3/t13-/m0/s1. The van der Waals surface area contributed by atoms with Gasteiger partial charge in [0.1, 0.15) is 0 Å². The Morgan fingerprint density at radius 1 is 1.43 bits per heavy atom. The molecule has 1 fully saturated rings. The minimum Gasteiger partial charge on any atom is -0.341 e. The zero-order valence-corrected chi connectivity index (χ0v) is 13.2. The lowest BCUT2D eigenvalue weighted by Gasteiger charge is -2.32. The number of pyridine rings is 1. The topological polar surface area (TPSA) is 70.6 Å². The van der Waals surface area contributed by atoms with Crippen molar-refractivity contribution in [3.63, 3.8) is 0 Å². The minimum absolute atomic E-state index is 0.000150. The van der Waals surface area contributed by atoms with Crippen LogP contribution < -0.4 is 0 Å². The number of hydrogen-bond acceptors (Lipinski definition) is 4. The quantitative estimate of drug-likeness (QED) is 0.821. The fourth-order valence-corrected chi connectivity index (χ4v) is 3.51. The van der Waals surface area contributed by atoms with Crippen LogP contribution in [0.1, 0.15) is 18.4 Å². The molecule has 0 spiro atoms. The SMILES string of the molecule is CN(Cc1ccncc1)C(=O)[C@H]1CCCN(S(C)(=O)=O)C1. The summed E-state index contributed by atoms with van der Waals surface area (Å²) >= 11 is 0. The van der Waals surface area contributed by atoms with Gasteiger partial charge in [0.05, 0.1) is 12.2 Å². The maximum absolute atomic E-state index is 12.5. The molecule has 116 valence electrons. The average molecular weight is 311 g/mol. The molecule has 1 aromatic heterocycles. The van der Waals surface area contributed by atoms with E-state index >= 15 is 0 Å². The van der Waals surface area contributed by atoms with Gasteiger partial charge in [-0.25, -0.2) is 12.7 Å². The van der Waals surface area contributed by atoms with Crippen molar-refractivity contribution in [2.24, 2.45) is 5.92 Å². The highest BCUT2D eigenvalue weighted by Crippen LogP contribution is 2.21. The second-order valence-corrected chi connectivity index (χ2v) is 7.49. The van der Waals surface area contributed by atoms with E-state index in [0.29, 0.717) is 19.6 Å². The smallest absolute Gasteiger partial charge is 0.227 e. The van der Waals surface area contributed by atoms with Crippen LogP contribution in [0.25, 0.3) is 0 Å². The third-order valence-corrected chi connectivity index (χ3v) is 5.02. The van der Waals surface area contributed by atoms with E-state index in [-0.39, 0.29) is 11.8 Å². The Labute approximate surface area is 125 Å². The fraction of sp³-hybridized carbons (Fsp3) is 0.571. The number of piperidine rings is 1. The predicted octanol–water partition coefficient (Wildman–Crippen LogP) is 0.712. The van der Waals surface area contributed by atoms with Gasteiger partial charge in [0.2, 0.25) is 15.9 Å². The Kier molecular flexibility index (Phi) is 4.95. The summed E-state index contributed by atoms with van der Waals surface area (Å²) in [5.74, 6) is -0.250. The molecule has 6 nitrogen and oxygen atoms in total. The van der Waals surface area contributed by atoms with E-state index in [0.717, 1.165) is 18.4 Å². The summed E-state index contributed by atoms with van der Waals surface area (Å²) in [4.78, 5) is 18.1. The number of nitrogens with zero attached hydrogens (tertiary/aromatic N) is 3. The van der Waals surface area contributed by atoms with Crippen LogP contribution in [-0.4, -0.2) is 54.9 Å². The van der Waals surface area contributed by atoms with Crippen LogP contribution >= 0.6 is 0 Å². The summed E-state index contributed by atoms with van der Waals surface area (Å²) < 4.78 is 24.6. The Morgan fingerprint density at radius 2 is 2.10 bits per heavy atom. The molecule has 0 aliphatic carbocycles. The molecule has 1 amide bonds. The molecule has 1 aliphatic heterocycles. The number of carbonyl (C=O) groups excluding carboxylic acids is 1. The molecule has 0 bridgehead atoms. The number of hydrogen-bond donors (Lipinski definition) is 0. The van der Waals surface area contributed by atoms with Gasteiger partial charge >= 0.3 is 0 Å². The van der Waals surface area contributed by atoms with Crippen molar-refractivity contribution in [2.45, 2.75) is 19.4 Å². The molecule has 2 rings (SSSR count). The van der Waals surface area contributed by atoms with Crippen LogP contribution in [0.2, 0.25) is 0 Å². The van der Waals surface area contributed by atoms with E-state index in [1.165, 1.54) is 10.6 Å². The summed E-state index contributed by atoms with van der Waals surface area (Å²) in [6, 6.07) is 3.74. The van der Waals surface area contributed by atoms with E-state index in [1.807, 2.05) is 12.1 Å². The van der Waals surface area contributed by atoms with Gasteiger partial charge in [0.25, 0.3) is 0 Å². The highest BCUT2D eigenvalue weighted by atomic mass is 32.2. The number of aromatic nitrogens is 1. The van der Waals surface area contributed by atoms with Crippen LogP contribution in [-0.2, 0) is 21.4 Å². The fourth-order valence-electron chi connectivity index (χ4n) is 2.60. The Hall–Kier alpha value is -1.47. The molecule has 0 aromatic carbocycles. The van der Waals surface area contributed by atoms with Gasteiger partial charge < -0.3 is 4.90 Å². The normalized spacial score (nSPS) is 20.2. The van der Waals surface area contributed by atoms with Gasteiger partial charge in [-0.05, 0) is 30.5 Å². The molecule has 7 heteroatoms. The summed E-state index contributed by atoms with van der Waals surface area (Å²) in [5, 5.41) is 0. The van der Waals surface area contributed by atoms with Crippen molar-refractivity contribution < 1.29 is 13.2 Å². The van der Waals surface area contributed by atoms with Crippen molar-refractivity contribution in [3.8, 4) is 0 Å². The summed E-state index contributed by atoms with van der Waals surface area (Å²) in [6.45, 7) is 1.31. The molecule has 0 unspecified atom stereocenters. The molecule has 1 aliphatic rings. The van der Waals surface area contributed by atoms with Crippen molar-refractivity contribution >= 4 is 15.9 Å². The molecular weight excluding hydrogens is 290 g/mol. The first-order valence-electron chi connectivity index (χ1n) is 6.97. The largest absolute Gasteiger partial charge is 0.341 e. The molecular formula is C14H21N3O3S. The van der Waals surface area contributed by atoms with Crippen molar-refractivity contribution in [2.75, 3.05) is 26.4 Å². The third kappa shape index (κ3) is 4.25. The van der Waals surface area contributed by atoms with Gasteiger partial charge in [0, 0.05) is 39.1 Å². The lowest BCUT2D eigenvalue weighted by atomic mass is 9.98. The van der Waals surface area contributed by atoms with E-state index in [2.05, 4.69) is 4.98 Å². The van der Waals surface area contributed by atoms with Crippen LogP contribution in [0.15, 0.2) is 24.5 Å². The third-order valence-electron chi connectivity index (χ3n) is 3.75. The van der Waals surface area contributed by atoms with Crippen LogP contribution in [0.5, 0.6) is 0 Å². The zero-order chi connectivity index (χ0) is 15.5. The average Bonchev–Trinajstić information content (AvgIpc) is 2.46. The van der Waals surface area contributed by atoms with E-state index in [9.17, 15) is 13.2 Å². The minimum atomic E-state index is -3.22. The zero-order valence-electron chi connectivity index (χ0n) is 12.4. The summed E-state index contributed by atoms with van der Waals surface area (Å²) in [5.41, 5.74) is 1.01. The molecule has 1 atom stereocenters. The van der Waals surface area contributed by atoms with E-state index < -0.39 is 10.0 Å². The lowest BCUT2D eigenvalue weighted by Crippen LogP contribution is -2.45. The second kappa shape index (κ2) is 6.53. The maximum atomic E-state index is 12.5. The number of carbonyl (C=O) groups is 1. The van der Waals surface area contributed by atoms with Gasteiger partial charge in [-0.3, -0.25) is 9.78 Å². The maximum Gasteiger partial charge on any atom is 0.227 e. The van der Waals surface area contributed by atoms with Gasteiger partial charge in [0.15, 0.2) is 0 Å². The lowest BCUT2D eigenvalue weighted by molar-refractivity contribution is -0.135. The van der Waals surface area contributed by atoms with Gasteiger partial charge in [-0.2, -0.15) is 0 Å². The summed E-state index contributed by atoms with van der Waals surface area (Å²) in [7, 11) is -1.47. The number of amides is 1. The second-order valence-electron chi connectivity index (χ2n) is 5.51. The van der Waals surface area contributed by atoms with Crippen molar-refractivity contribution in [3.05, 3.63) is 30.1 Å². The first kappa shape index (κ1) is 15.9. The van der Waals surface area contributed by atoms with E-state index in [1.54, 1.807) is 24.3 Å². The molecule has 0 radical (unpaired) electrons. The van der Waals surface area contributed by atoms with E-state index in [4.69, 9.17) is 0 Å². The van der Waals surface area contributed by atoms with Crippen molar-refractivity contribution in [1.82, 2.24) is 14.2 Å². The number of sulfonamides is 1. The summed E-state index contributed by atoms with van der Waals surface area (Å²) in [6.07, 6.45) is 6.05. The Bertz CT molecular complexity index is 589. The predicted molar refractivity (Wildman–Crippen MR) is 79.9 cm³/mol. The Morgan fingerprint density at radius 3 is 2.71 bits per heavy atom. The highest BCUT2D eigenvalue weighted by molar-refractivity contribution is 7.88. The molecule has 0 N–H and O–H groups in total. The molecule has 2 heterocycles. The van der Waals surface area contributed by atoms with Crippen molar-refractivity contribution in [1.29, 1.82) is 0 Å². The van der Waals surface area contributed by atoms with Crippen LogP contribution in [0, 0.1) is 5.92 Å². The number of rotatable bonds is 4. The highest BCUT2D eigenvalue weighted by Gasteiger charge is 2.31. The van der Waals surface area contributed by atoms with Gasteiger partial charge in [-0.1, -0.05) is 0 Å². The first-order chi connectivity index (χ1) is 9.88. The molecule has 21 heavy (non-hydrogen) atoms. The van der Waals surface area contributed by atoms with Crippen LogP contribution in [0.3, 0.4) is 0 Å².